The number of nitriles is 1. The summed E-state index contributed by atoms with van der Waals surface area (Å²) >= 11 is 0. The van der Waals surface area contributed by atoms with Gasteiger partial charge in [0.25, 0.3) is 5.56 Å². The molecule has 0 aliphatic heterocycles. The van der Waals surface area contributed by atoms with Crippen LogP contribution >= 0.6 is 0 Å². The molecule has 3 aromatic rings. The lowest BCUT2D eigenvalue weighted by Gasteiger charge is -2.09. The second-order valence-electron chi connectivity index (χ2n) is 4.80. The molecule has 0 amide bonds. The molecular formula is C17H13N3O2. The molecule has 0 saturated heterocycles. The van der Waals surface area contributed by atoms with E-state index in [-0.39, 0.29) is 11.4 Å². The third-order valence-corrected chi connectivity index (χ3v) is 3.46. The summed E-state index contributed by atoms with van der Waals surface area (Å²) in [5, 5.41) is 9.78. The van der Waals surface area contributed by atoms with Crippen molar-refractivity contribution >= 4 is 10.9 Å². The van der Waals surface area contributed by atoms with Gasteiger partial charge in [0.15, 0.2) is 0 Å². The van der Waals surface area contributed by atoms with Gasteiger partial charge in [-0.05, 0) is 29.8 Å². The Morgan fingerprint density at radius 3 is 2.59 bits per heavy atom. The Kier molecular flexibility index (Phi) is 3.58. The van der Waals surface area contributed by atoms with Crippen molar-refractivity contribution in [2.24, 2.45) is 0 Å². The zero-order valence-corrected chi connectivity index (χ0v) is 12.0. The van der Waals surface area contributed by atoms with Crippen LogP contribution in [0.1, 0.15) is 11.4 Å². The first-order valence-electron chi connectivity index (χ1n) is 6.75. The molecule has 5 nitrogen and oxygen atoms in total. The number of para-hydroxylation sites is 1. The number of rotatable bonds is 3. The van der Waals surface area contributed by atoms with Crippen LogP contribution in [-0.2, 0) is 6.54 Å². The van der Waals surface area contributed by atoms with E-state index in [2.05, 4.69) is 4.98 Å². The minimum Gasteiger partial charge on any atom is -0.497 e. The van der Waals surface area contributed by atoms with E-state index < -0.39 is 0 Å². The van der Waals surface area contributed by atoms with Crippen LogP contribution in [0.4, 0.5) is 0 Å². The number of aromatic nitrogens is 2. The molecule has 0 N–H and O–H groups in total. The van der Waals surface area contributed by atoms with Crippen molar-refractivity contribution in [3.63, 3.8) is 0 Å². The van der Waals surface area contributed by atoms with Gasteiger partial charge in [-0.2, -0.15) is 5.26 Å². The van der Waals surface area contributed by atoms with E-state index in [9.17, 15) is 10.1 Å². The molecule has 0 spiro atoms. The third kappa shape index (κ3) is 2.42. The molecule has 0 saturated carbocycles. The molecule has 1 heterocycles. The van der Waals surface area contributed by atoms with Gasteiger partial charge in [-0.15, -0.1) is 0 Å². The Morgan fingerprint density at radius 1 is 1.18 bits per heavy atom. The summed E-state index contributed by atoms with van der Waals surface area (Å²) in [7, 11) is 1.60. The first-order valence-corrected chi connectivity index (χ1v) is 6.75. The topological polar surface area (TPSA) is 67.9 Å². The molecule has 5 heteroatoms. The monoisotopic (exact) mass is 291 g/mol. The fraction of sp³-hybridized carbons (Fsp3) is 0.118. The summed E-state index contributed by atoms with van der Waals surface area (Å²) in [5.74, 6) is 0.854. The minimum atomic E-state index is -0.210. The second-order valence-corrected chi connectivity index (χ2v) is 4.80. The fourth-order valence-electron chi connectivity index (χ4n) is 2.31. The van der Waals surface area contributed by atoms with Crippen molar-refractivity contribution in [2.45, 2.75) is 6.54 Å². The number of hydrogen-bond donors (Lipinski definition) is 0. The van der Waals surface area contributed by atoms with Crippen molar-refractivity contribution in [3.05, 3.63) is 70.3 Å². The summed E-state index contributed by atoms with van der Waals surface area (Å²) in [6.45, 7) is 0.295. The number of hydrogen-bond acceptors (Lipinski definition) is 4. The van der Waals surface area contributed by atoms with Crippen LogP contribution < -0.4 is 10.3 Å². The van der Waals surface area contributed by atoms with Crippen LogP contribution in [-0.4, -0.2) is 16.7 Å². The molecule has 2 aromatic carbocycles. The zero-order chi connectivity index (χ0) is 15.5. The highest BCUT2D eigenvalue weighted by Gasteiger charge is 2.10. The molecule has 0 aliphatic rings. The van der Waals surface area contributed by atoms with E-state index in [1.54, 1.807) is 31.4 Å². The van der Waals surface area contributed by atoms with Gasteiger partial charge in [0.2, 0.25) is 5.82 Å². The number of methoxy groups -OCH3 is 1. The van der Waals surface area contributed by atoms with Gasteiger partial charge >= 0.3 is 0 Å². The lowest BCUT2D eigenvalue weighted by atomic mass is 10.2. The normalized spacial score (nSPS) is 10.4. The summed E-state index contributed by atoms with van der Waals surface area (Å²) in [6.07, 6.45) is 0. The van der Waals surface area contributed by atoms with E-state index in [1.165, 1.54) is 4.57 Å². The van der Waals surface area contributed by atoms with Crippen LogP contribution in [0.3, 0.4) is 0 Å². The number of fused-ring (bicyclic) bond motifs is 1. The molecule has 0 bridgehead atoms. The summed E-state index contributed by atoms with van der Waals surface area (Å²) in [4.78, 5) is 16.8. The van der Waals surface area contributed by atoms with Gasteiger partial charge in [0, 0.05) is 0 Å². The molecule has 0 fully saturated rings. The van der Waals surface area contributed by atoms with Crippen LogP contribution in [0.2, 0.25) is 0 Å². The average molecular weight is 291 g/mol. The number of ether oxygens (including phenoxy) is 1. The van der Waals surface area contributed by atoms with Crippen molar-refractivity contribution in [1.82, 2.24) is 9.55 Å². The van der Waals surface area contributed by atoms with Crippen LogP contribution in [0.5, 0.6) is 5.75 Å². The van der Waals surface area contributed by atoms with E-state index in [0.717, 1.165) is 11.3 Å². The predicted octanol–water partition coefficient (Wildman–Crippen LogP) is 2.33. The predicted molar refractivity (Wildman–Crippen MR) is 82.8 cm³/mol. The van der Waals surface area contributed by atoms with Gasteiger partial charge in [0.05, 0.1) is 24.6 Å². The van der Waals surface area contributed by atoms with E-state index in [1.807, 2.05) is 30.3 Å². The molecule has 0 atom stereocenters. The Labute approximate surface area is 127 Å². The second kappa shape index (κ2) is 5.70. The first-order chi connectivity index (χ1) is 10.7. The Balaban J connectivity index is 2.11. The molecule has 1 aromatic heterocycles. The fourth-order valence-corrected chi connectivity index (χ4v) is 2.31. The highest BCUT2D eigenvalue weighted by atomic mass is 16.5. The van der Waals surface area contributed by atoms with Crippen molar-refractivity contribution in [3.8, 4) is 11.8 Å². The minimum absolute atomic E-state index is 0.111. The maximum Gasteiger partial charge on any atom is 0.262 e. The third-order valence-electron chi connectivity index (χ3n) is 3.46. The molecule has 22 heavy (non-hydrogen) atoms. The van der Waals surface area contributed by atoms with Crippen molar-refractivity contribution in [2.75, 3.05) is 7.11 Å². The maximum atomic E-state index is 12.6. The molecule has 0 aliphatic carbocycles. The molecule has 3 rings (SSSR count). The standard InChI is InChI=1S/C17H13N3O2/c1-22-13-8-6-12(7-9-13)11-20-16(10-18)19-15-5-3-2-4-14(15)17(20)21/h2-9H,11H2,1H3. The van der Waals surface area contributed by atoms with Gasteiger partial charge in [-0.3, -0.25) is 9.36 Å². The van der Waals surface area contributed by atoms with E-state index in [0.29, 0.717) is 17.4 Å². The zero-order valence-electron chi connectivity index (χ0n) is 12.0. The molecule has 108 valence electrons. The largest absolute Gasteiger partial charge is 0.497 e. The van der Waals surface area contributed by atoms with Gasteiger partial charge in [0.1, 0.15) is 11.8 Å². The Morgan fingerprint density at radius 2 is 1.91 bits per heavy atom. The molecule has 0 radical (unpaired) electrons. The van der Waals surface area contributed by atoms with E-state index >= 15 is 0 Å². The number of nitrogens with zero attached hydrogens (tertiary/aromatic N) is 3. The highest BCUT2D eigenvalue weighted by Crippen LogP contribution is 2.13. The smallest absolute Gasteiger partial charge is 0.262 e. The summed E-state index contributed by atoms with van der Waals surface area (Å²) < 4.78 is 6.51. The van der Waals surface area contributed by atoms with Gasteiger partial charge in [-0.1, -0.05) is 24.3 Å². The van der Waals surface area contributed by atoms with Crippen LogP contribution in [0.25, 0.3) is 10.9 Å². The van der Waals surface area contributed by atoms with Crippen molar-refractivity contribution < 1.29 is 4.74 Å². The molecular weight excluding hydrogens is 278 g/mol. The average Bonchev–Trinajstić information content (AvgIpc) is 2.58. The van der Waals surface area contributed by atoms with Gasteiger partial charge < -0.3 is 4.74 Å². The quantitative estimate of drug-likeness (QED) is 0.742. The van der Waals surface area contributed by atoms with Crippen LogP contribution in [0.15, 0.2) is 53.3 Å². The lowest BCUT2D eigenvalue weighted by molar-refractivity contribution is 0.414. The van der Waals surface area contributed by atoms with Gasteiger partial charge in [-0.25, -0.2) is 4.98 Å². The number of benzene rings is 2. The Bertz CT molecular complexity index is 921. The summed E-state index contributed by atoms with van der Waals surface area (Å²) in [5.41, 5.74) is 1.23. The van der Waals surface area contributed by atoms with Crippen LogP contribution in [0, 0.1) is 11.3 Å². The maximum absolute atomic E-state index is 12.6. The van der Waals surface area contributed by atoms with E-state index in [4.69, 9.17) is 4.74 Å². The summed E-state index contributed by atoms with van der Waals surface area (Å²) in [6, 6.07) is 16.4. The SMILES string of the molecule is COc1ccc(Cn2c(C#N)nc3ccccc3c2=O)cc1. The van der Waals surface area contributed by atoms with Crippen molar-refractivity contribution in [1.29, 1.82) is 5.26 Å². The Hall–Kier alpha value is -3.13. The highest BCUT2D eigenvalue weighted by molar-refractivity contribution is 5.77. The molecule has 0 unspecified atom stereocenters. The first kappa shape index (κ1) is 13.8. The lowest BCUT2D eigenvalue weighted by Crippen LogP contribution is -2.24.